The first-order chi connectivity index (χ1) is 15.3. The van der Waals surface area contributed by atoms with Crippen LogP contribution in [-0.4, -0.2) is 22.1 Å². The Morgan fingerprint density at radius 1 is 0.750 bits per heavy atom. The van der Waals surface area contributed by atoms with E-state index in [0.717, 1.165) is 22.3 Å². The van der Waals surface area contributed by atoms with Crippen LogP contribution in [0.3, 0.4) is 0 Å². The predicted octanol–water partition coefficient (Wildman–Crippen LogP) is 8.39. The van der Waals surface area contributed by atoms with Gasteiger partial charge in [0.25, 0.3) is 0 Å². The molecule has 4 rings (SSSR count). The van der Waals surface area contributed by atoms with E-state index in [1.165, 1.54) is 10.8 Å². The summed E-state index contributed by atoms with van der Waals surface area (Å²) in [6.45, 7) is 13.5. The third kappa shape index (κ3) is 3.64. The molecular formula is C27H34N3OP. The van der Waals surface area contributed by atoms with Crippen molar-refractivity contribution in [2.45, 2.75) is 70.7 Å². The smallest absolute Gasteiger partial charge is 0.129 e. The maximum Gasteiger partial charge on any atom is 0.129 e. The molecule has 0 heterocycles. The highest BCUT2D eigenvalue weighted by Gasteiger charge is 2.35. The molecule has 0 amide bonds. The number of rotatable bonds is 5. The van der Waals surface area contributed by atoms with Crippen molar-refractivity contribution in [3.05, 3.63) is 71.8 Å². The maximum absolute atomic E-state index is 11.3. The fourth-order valence-corrected chi connectivity index (χ4v) is 9.91. The average molecular weight is 448 g/mol. The minimum absolute atomic E-state index is 0.440. The summed E-state index contributed by atoms with van der Waals surface area (Å²) in [7, 11) is -1.71. The molecule has 1 aliphatic carbocycles. The van der Waals surface area contributed by atoms with Crippen LogP contribution >= 0.6 is 7.05 Å². The van der Waals surface area contributed by atoms with Crippen LogP contribution in [0.25, 0.3) is 21.9 Å². The van der Waals surface area contributed by atoms with Gasteiger partial charge >= 0.3 is 0 Å². The van der Waals surface area contributed by atoms with Gasteiger partial charge in [0.1, 0.15) is 12.1 Å². The van der Waals surface area contributed by atoms with E-state index in [-0.39, 0.29) is 0 Å². The number of fused-ring (bicyclic) bond motifs is 5. The molecule has 4 nitrogen and oxygen atoms in total. The van der Waals surface area contributed by atoms with E-state index < -0.39 is 19.2 Å². The van der Waals surface area contributed by atoms with E-state index in [1.807, 2.05) is 18.2 Å². The first-order valence-corrected chi connectivity index (χ1v) is 13.5. The number of aliphatic hydroxyl groups is 1. The SMILES string of the molecule is CC(C)P(=NN=N[C@H]1c2ccc3ccccc3c2-c2ccccc2[C@@H]1O)(C(C)C)C(C)C. The lowest BCUT2D eigenvalue weighted by molar-refractivity contribution is 0.143. The van der Waals surface area contributed by atoms with E-state index in [9.17, 15) is 5.11 Å². The van der Waals surface area contributed by atoms with Crippen LogP contribution in [0.2, 0.25) is 0 Å². The third-order valence-electron chi connectivity index (χ3n) is 6.98. The number of hydrogen-bond acceptors (Lipinski definition) is 2. The van der Waals surface area contributed by atoms with E-state index in [1.54, 1.807) is 0 Å². The highest BCUT2D eigenvalue weighted by atomic mass is 31.2. The van der Waals surface area contributed by atoms with Crippen LogP contribution in [0.15, 0.2) is 75.9 Å². The molecular weight excluding hydrogens is 413 g/mol. The van der Waals surface area contributed by atoms with Gasteiger partial charge in [0.15, 0.2) is 0 Å². The van der Waals surface area contributed by atoms with Crippen LogP contribution in [0.5, 0.6) is 0 Å². The summed E-state index contributed by atoms with van der Waals surface area (Å²) in [4.78, 5) is 4.93. The van der Waals surface area contributed by atoms with E-state index in [4.69, 9.17) is 4.85 Å². The van der Waals surface area contributed by atoms with Crippen LogP contribution in [0.1, 0.15) is 64.8 Å². The van der Waals surface area contributed by atoms with Crippen molar-refractivity contribution in [3.63, 3.8) is 0 Å². The van der Waals surface area contributed by atoms with Crippen LogP contribution in [0, 0.1) is 0 Å². The van der Waals surface area contributed by atoms with Gasteiger partial charge < -0.3 is 5.11 Å². The molecule has 32 heavy (non-hydrogen) atoms. The molecule has 0 aliphatic heterocycles. The summed E-state index contributed by atoms with van der Waals surface area (Å²) in [5.74, 6) is 0. The van der Waals surface area contributed by atoms with Gasteiger partial charge in [0.2, 0.25) is 0 Å². The lowest BCUT2D eigenvalue weighted by Crippen LogP contribution is -2.17. The van der Waals surface area contributed by atoms with Gasteiger partial charge in [-0.15, -0.1) is 0 Å². The average Bonchev–Trinajstić information content (AvgIpc) is 2.77. The normalized spacial score (nSPS) is 18.6. The molecule has 0 unspecified atom stereocenters. The van der Waals surface area contributed by atoms with Gasteiger partial charge in [-0.3, -0.25) is 0 Å². The highest BCUT2D eigenvalue weighted by Crippen LogP contribution is 2.62. The van der Waals surface area contributed by atoms with Gasteiger partial charge in [-0.1, -0.05) is 107 Å². The Morgan fingerprint density at radius 2 is 1.38 bits per heavy atom. The maximum atomic E-state index is 11.3. The quantitative estimate of drug-likeness (QED) is 0.238. The fraction of sp³-hybridized carbons (Fsp3) is 0.407. The zero-order valence-corrected chi connectivity index (χ0v) is 20.8. The first-order valence-electron chi connectivity index (χ1n) is 11.6. The molecule has 5 heteroatoms. The summed E-state index contributed by atoms with van der Waals surface area (Å²) >= 11 is 0. The second-order valence-electron chi connectivity index (χ2n) is 9.60. The second-order valence-corrected chi connectivity index (χ2v) is 14.5. The standard InChI is InChI=1S/C27H34N3OP/c1-17(2)32(18(3)4,19(5)6)30-29-28-26-24-16-15-20-11-7-8-12-21(20)25(24)22-13-9-10-14-23(22)27(26)31/h7-19,26-27,31H,1-6H3/t26-,27-/m0/s1. The first kappa shape index (κ1) is 22.9. The van der Waals surface area contributed by atoms with Crippen LogP contribution in [-0.2, 0) is 0 Å². The van der Waals surface area contributed by atoms with Gasteiger partial charge in [0, 0.05) is 7.05 Å². The zero-order valence-electron chi connectivity index (χ0n) is 19.9. The van der Waals surface area contributed by atoms with Crippen molar-refractivity contribution >= 4 is 17.8 Å². The van der Waals surface area contributed by atoms with Crippen LogP contribution in [0.4, 0.5) is 0 Å². The van der Waals surface area contributed by atoms with Crippen molar-refractivity contribution in [2.75, 3.05) is 0 Å². The molecule has 2 atom stereocenters. The van der Waals surface area contributed by atoms with Crippen molar-refractivity contribution in [1.82, 2.24) is 0 Å². The van der Waals surface area contributed by atoms with E-state index in [0.29, 0.717) is 17.0 Å². The summed E-state index contributed by atoms with van der Waals surface area (Å²) < 4.78 is 0. The molecule has 0 saturated carbocycles. The van der Waals surface area contributed by atoms with Crippen molar-refractivity contribution in [2.24, 2.45) is 15.2 Å². The molecule has 0 aromatic heterocycles. The Kier molecular flexibility index (Phi) is 6.38. The van der Waals surface area contributed by atoms with Crippen LogP contribution < -0.4 is 0 Å². The topological polar surface area (TPSA) is 57.3 Å². The number of nitrogens with zero attached hydrogens (tertiary/aromatic N) is 3. The van der Waals surface area contributed by atoms with E-state index >= 15 is 0 Å². The third-order valence-corrected chi connectivity index (χ3v) is 12.3. The molecule has 1 N–H and O–H groups in total. The van der Waals surface area contributed by atoms with Gasteiger partial charge in [-0.25, -0.2) is 0 Å². The minimum Gasteiger partial charge on any atom is -0.386 e. The summed E-state index contributed by atoms with van der Waals surface area (Å²) in [5.41, 5.74) is 5.45. The molecule has 1 aliphatic rings. The summed E-state index contributed by atoms with van der Waals surface area (Å²) in [6.07, 6.45) is -0.747. The molecule has 0 saturated heterocycles. The molecule has 0 bridgehead atoms. The fourth-order valence-electron chi connectivity index (χ4n) is 5.53. The Hall–Kier alpha value is -2.29. The predicted molar refractivity (Wildman–Crippen MR) is 137 cm³/mol. The summed E-state index contributed by atoms with van der Waals surface area (Å²) in [6, 6.07) is 20.2. The molecule has 168 valence electrons. The number of benzene rings is 3. The second kappa shape index (κ2) is 8.92. The lowest BCUT2D eigenvalue weighted by Gasteiger charge is -2.34. The minimum atomic E-state index is -1.71. The van der Waals surface area contributed by atoms with Crippen molar-refractivity contribution in [3.8, 4) is 11.1 Å². The molecule has 3 aromatic carbocycles. The van der Waals surface area contributed by atoms with Gasteiger partial charge in [-0.05, 0) is 50.0 Å². The Morgan fingerprint density at radius 3 is 2.06 bits per heavy atom. The number of aliphatic hydroxyl groups excluding tert-OH is 1. The molecule has 3 aromatic rings. The van der Waals surface area contributed by atoms with Gasteiger partial charge in [-0.2, -0.15) is 9.97 Å². The largest absolute Gasteiger partial charge is 0.386 e. The monoisotopic (exact) mass is 447 g/mol. The number of hydrogen-bond donors (Lipinski definition) is 1. The molecule has 0 fully saturated rings. The molecule has 0 radical (unpaired) electrons. The summed E-state index contributed by atoms with van der Waals surface area (Å²) in [5, 5.41) is 22.8. The lowest BCUT2D eigenvalue weighted by atomic mass is 9.79. The zero-order chi connectivity index (χ0) is 23.0. The Labute approximate surface area is 191 Å². The van der Waals surface area contributed by atoms with Crippen molar-refractivity contribution < 1.29 is 5.11 Å². The van der Waals surface area contributed by atoms with Gasteiger partial charge in [0.05, 0.1) is 0 Å². The van der Waals surface area contributed by atoms with E-state index in [2.05, 4.69) is 94.3 Å². The Bertz CT molecular complexity index is 1180. The van der Waals surface area contributed by atoms with Crippen molar-refractivity contribution in [1.29, 1.82) is 0 Å². The highest BCUT2D eigenvalue weighted by molar-refractivity contribution is 7.68. The Balaban J connectivity index is 1.89. The molecule has 0 spiro atoms.